The molecule has 1 atom stereocenters. The number of rotatable bonds is 4. The lowest BCUT2D eigenvalue weighted by Gasteiger charge is -2.19. The van der Waals surface area contributed by atoms with Crippen molar-refractivity contribution in [3.63, 3.8) is 0 Å². The van der Waals surface area contributed by atoms with E-state index in [-0.39, 0.29) is 0 Å². The van der Waals surface area contributed by atoms with E-state index in [0.717, 1.165) is 5.33 Å². The fourth-order valence-electron chi connectivity index (χ4n) is 2.21. The van der Waals surface area contributed by atoms with Gasteiger partial charge in [-0.15, -0.1) is 0 Å². The van der Waals surface area contributed by atoms with E-state index in [4.69, 9.17) is 0 Å². The molecule has 0 heterocycles. The number of benzene rings is 1. The van der Waals surface area contributed by atoms with Gasteiger partial charge in [0.2, 0.25) is 0 Å². The second kappa shape index (κ2) is 9.16. The van der Waals surface area contributed by atoms with Crippen LogP contribution in [0.5, 0.6) is 0 Å². The molecule has 2 rings (SSSR count). The lowest BCUT2D eigenvalue weighted by Crippen LogP contribution is -2.03. The zero-order valence-electron chi connectivity index (χ0n) is 11.4. The molecule has 0 nitrogen and oxygen atoms in total. The van der Waals surface area contributed by atoms with Crippen LogP contribution < -0.4 is 0 Å². The maximum absolute atomic E-state index is 3.56. The van der Waals surface area contributed by atoms with Crippen molar-refractivity contribution in [3.8, 4) is 0 Å². The Balaban J connectivity index is 0.000000771. The molecule has 1 aromatic carbocycles. The maximum atomic E-state index is 3.56. The molecule has 0 N–H and O–H groups in total. The SMILES string of the molecule is BrCCC(C1=CCCC=C1)c1ccccc1.CC. The lowest BCUT2D eigenvalue weighted by atomic mass is 9.86. The van der Waals surface area contributed by atoms with Crippen molar-refractivity contribution in [2.45, 2.75) is 39.0 Å². The minimum atomic E-state index is 0.553. The molecule has 1 aromatic rings. The van der Waals surface area contributed by atoms with Crippen molar-refractivity contribution < 1.29 is 0 Å². The summed E-state index contributed by atoms with van der Waals surface area (Å²) in [6.45, 7) is 4.00. The summed E-state index contributed by atoms with van der Waals surface area (Å²) in [4.78, 5) is 0. The first kappa shape index (κ1) is 15.2. The zero-order valence-corrected chi connectivity index (χ0v) is 13.0. The van der Waals surface area contributed by atoms with E-state index in [0.29, 0.717) is 5.92 Å². The Morgan fingerprint density at radius 1 is 1.11 bits per heavy atom. The molecule has 0 aromatic heterocycles. The van der Waals surface area contributed by atoms with Crippen LogP contribution in [0.4, 0.5) is 0 Å². The van der Waals surface area contributed by atoms with E-state index >= 15 is 0 Å². The van der Waals surface area contributed by atoms with Crippen molar-refractivity contribution in [1.82, 2.24) is 0 Å². The van der Waals surface area contributed by atoms with Gasteiger partial charge in [0.25, 0.3) is 0 Å². The van der Waals surface area contributed by atoms with Crippen molar-refractivity contribution in [3.05, 3.63) is 59.7 Å². The number of allylic oxidation sites excluding steroid dienone is 4. The Labute approximate surface area is 120 Å². The molecule has 0 radical (unpaired) electrons. The molecule has 0 bridgehead atoms. The molecule has 1 aliphatic carbocycles. The highest BCUT2D eigenvalue weighted by atomic mass is 79.9. The van der Waals surface area contributed by atoms with Gasteiger partial charge in [0, 0.05) is 11.2 Å². The molecule has 0 saturated heterocycles. The van der Waals surface area contributed by atoms with Crippen LogP contribution in [0.25, 0.3) is 0 Å². The Kier molecular flexibility index (Phi) is 7.75. The largest absolute Gasteiger partial charge is 0.0928 e. The Morgan fingerprint density at radius 2 is 1.83 bits per heavy atom. The molecule has 1 heteroatoms. The Bertz CT molecular complexity index is 376. The summed E-state index contributed by atoms with van der Waals surface area (Å²) >= 11 is 3.56. The predicted octanol–water partition coefficient (Wildman–Crippen LogP) is 5.86. The van der Waals surface area contributed by atoms with E-state index in [1.165, 1.54) is 30.4 Å². The van der Waals surface area contributed by atoms with Gasteiger partial charge in [0.15, 0.2) is 0 Å². The maximum Gasteiger partial charge on any atom is 0.00940 e. The van der Waals surface area contributed by atoms with Gasteiger partial charge in [0.05, 0.1) is 0 Å². The molecule has 0 amide bonds. The van der Waals surface area contributed by atoms with Crippen LogP contribution in [-0.2, 0) is 0 Å². The Hall–Kier alpha value is -0.820. The highest BCUT2D eigenvalue weighted by molar-refractivity contribution is 9.09. The molecule has 0 aliphatic heterocycles. The summed E-state index contributed by atoms with van der Waals surface area (Å²) < 4.78 is 0. The molecule has 0 fully saturated rings. The van der Waals surface area contributed by atoms with Gasteiger partial charge in [-0.2, -0.15) is 0 Å². The summed E-state index contributed by atoms with van der Waals surface area (Å²) in [6.07, 6.45) is 10.5. The van der Waals surface area contributed by atoms with Crippen molar-refractivity contribution in [1.29, 1.82) is 0 Å². The van der Waals surface area contributed by atoms with Gasteiger partial charge in [-0.25, -0.2) is 0 Å². The third kappa shape index (κ3) is 4.45. The number of hydrogen-bond acceptors (Lipinski definition) is 0. The first-order valence-electron chi connectivity index (χ1n) is 6.89. The molecule has 1 aliphatic rings. The first-order chi connectivity index (χ1) is 8.92. The second-order valence-electron chi connectivity index (χ2n) is 4.12. The van der Waals surface area contributed by atoms with Gasteiger partial charge in [-0.1, -0.05) is 78.3 Å². The van der Waals surface area contributed by atoms with E-state index < -0.39 is 0 Å². The van der Waals surface area contributed by atoms with E-state index in [1.54, 1.807) is 0 Å². The quantitative estimate of drug-likeness (QED) is 0.611. The molecular weight excluding hydrogens is 284 g/mol. The van der Waals surface area contributed by atoms with Crippen LogP contribution in [0.2, 0.25) is 0 Å². The molecule has 98 valence electrons. The summed E-state index contributed by atoms with van der Waals surface area (Å²) in [6, 6.07) is 10.8. The zero-order chi connectivity index (χ0) is 13.2. The summed E-state index contributed by atoms with van der Waals surface area (Å²) in [5.74, 6) is 0.553. The summed E-state index contributed by atoms with van der Waals surface area (Å²) in [5, 5.41) is 1.05. The van der Waals surface area contributed by atoms with Gasteiger partial charge < -0.3 is 0 Å². The van der Waals surface area contributed by atoms with Gasteiger partial charge in [-0.05, 0) is 30.4 Å². The molecular formula is C17H23Br. The van der Waals surface area contributed by atoms with Crippen LogP contribution in [0.15, 0.2) is 54.1 Å². The normalized spacial score (nSPS) is 15.4. The van der Waals surface area contributed by atoms with Crippen LogP contribution >= 0.6 is 15.9 Å². The van der Waals surface area contributed by atoms with E-state index in [2.05, 4.69) is 64.5 Å². The average molecular weight is 307 g/mol. The highest BCUT2D eigenvalue weighted by Gasteiger charge is 2.14. The summed E-state index contributed by atoms with van der Waals surface area (Å²) in [7, 11) is 0. The van der Waals surface area contributed by atoms with Gasteiger partial charge in [-0.3, -0.25) is 0 Å². The van der Waals surface area contributed by atoms with Crippen molar-refractivity contribution >= 4 is 15.9 Å². The fraction of sp³-hybridized carbons (Fsp3) is 0.412. The van der Waals surface area contributed by atoms with E-state index in [1.807, 2.05) is 13.8 Å². The Morgan fingerprint density at radius 3 is 2.39 bits per heavy atom. The van der Waals surface area contributed by atoms with Crippen molar-refractivity contribution in [2.24, 2.45) is 0 Å². The van der Waals surface area contributed by atoms with Crippen LogP contribution in [-0.4, -0.2) is 5.33 Å². The monoisotopic (exact) mass is 306 g/mol. The number of alkyl halides is 1. The smallest absolute Gasteiger partial charge is 0.00940 e. The standard InChI is InChI=1S/C15H17Br.C2H6/c16-12-11-15(13-7-3-1-4-8-13)14-9-5-2-6-10-14;1-2/h1,3-5,7-10,15H,2,6,11-12H2;1-2H3. The van der Waals surface area contributed by atoms with Crippen LogP contribution in [0.3, 0.4) is 0 Å². The molecule has 1 unspecified atom stereocenters. The third-order valence-corrected chi connectivity index (χ3v) is 3.48. The highest BCUT2D eigenvalue weighted by Crippen LogP contribution is 2.31. The first-order valence-corrected chi connectivity index (χ1v) is 8.01. The van der Waals surface area contributed by atoms with Gasteiger partial charge >= 0.3 is 0 Å². The number of halogens is 1. The van der Waals surface area contributed by atoms with Crippen LogP contribution in [0, 0.1) is 0 Å². The average Bonchev–Trinajstić information content (AvgIpc) is 2.49. The topological polar surface area (TPSA) is 0 Å². The lowest BCUT2D eigenvalue weighted by molar-refractivity contribution is 0.773. The third-order valence-electron chi connectivity index (χ3n) is 3.03. The molecule has 0 saturated carbocycles. The minimum Gasteiger partial charge on any atom is -0.0928 e. The van der Waals surface area contributed by atoms with Crippen LogP contribution in [0.1, 0.15) is 44.6 Å². The van der Waals surface area contributed by atoms with Gasteiger partial charge in [0.1, 0.15) is 0 Å². The second-order valence-corrected chi connectivity index (χ2v) is 4.92. The molecule has 18 heavy (non-hydrogen) atoms. The predicted molar refractivity (Wildman–Crippen MR) is 85.4 cm³/mol. The minimum absolute atomic E-state index is 0.553. The number of hydrogen-bond donors (Lipinski definition) is 0. The van der Waals surface area contributed by atoms with Crippen molar-refractivity contribution in [2.75, 3.05) is 5.33 Å². The molecule has 0 spiro atoms. The van der Waals surface area contributed by atoms with E-state index in [9.17, 15) is 0 Å². The fourth-order valence-corrected chi connectivity index (χ4v) is 2.67. The summed E-state index contributed by atoms with van der Waals surface area (Å²) in [5.41, 5.74) is 2.91.